The van der Waals surface area contributed by atoms with Gasteiger partial charge in [0.05, 0.1) is 6.04 Å². The highest BCUT2D eigenvalue weighted by Crippen LogP contribution is 2.34. The van der Waals surface area contributed by atoms with Crippen LogP contribution in [-0.2, 0) is 6.42 Å². The Bertz CT molecular complexity index is 764. The van der Waals surface area contributed by atoms with Crippen LogP contribution in [-0.4, -0.2) is 16.5 Å². The van der Waals surface area contributed by atoms with Gasteiger partial charge in [0, 0.05) is 40.6 Å². The van der Waals surface area contributed by atoms with Crippen molar-refractivity contribution in [3.63, 3.8) is 0 Å². The van der Waals surface area contributed by atoms with Gasteiger partial charge in [0.15, 0.2) is 0 Å². The standard InChI is InChI=1S/C16H14ClN3/c17-11-3-4-14-13(8-11)12-5-7-19-15(16(12)20-14)10-2-1-6-18-9-10/h1-4,6,8-9,15,19-20H,5,7H2. The second-order valence-corrected chi connectivity index (χ2v) is 5.57. The van der Waals surface area contributed by atoms with E-state index in [1.807, 2.05) is 18.3 Å². The summed E-state index contributed by atoms with van der Waals surface area (Å²) in [6.45, 7) is 0.964. The molecule has 0 saturated heterocycles. The summed E-state index contributed by atoms with van der Waals surface area (Å²) in [5.41, 5.74) is 4.94. The molecule has 0 radical (unpaired) electrons. The number of hydrogen-bond donors (Lipinski definition) is 2. The second kappa shape index (κ2) is 4.62. The fourth-order valence-corrected chi connectivity index (χ4v) is 3.20. The monoisotopic (exact) mass is 283 g/mol. The fourth-order valence-electron chi connectivity index (χ4n) is 3.03. The normalized spacial score (nSPS) is 18.1. The highest BCUT2D eigenvalue weighted by Gasteiger charge is 2.25. The molecule has 100 valence electrons. The Morgan fingerprint density at radius 3 is 3.05 bits per heavy atom. The van der Waals surface area contributed by atoms with Gasteiger partial charge < -0.3 is 10.3 Å². The van der Waals surface area contributed by atoms with E-state index in [4.69, 9.17) is 11.6 Å². The smallest absolute Gasteiger partial charge is 0.0747 e. The van der Waals surface area contributed by atoms with Gasteiger partial charge in [0.1, 0.15) is 0 Å². The molecule has 3 nitrogen and oxygen atoms in total. The molecule has 0 spiro atoms. The molecule has 4 heteroatoms. The number of benzene rings is 1. The molecule has 0 saturated carbocycles. The maximum Gasteiger partial charge on any atom is 0.0747 e. The van der Waals surface area contributed by atoms with Gasteiger partial charge in [0.2, 0.25) is 0 Å². The molecule has 1 aliphatic rings. The van der Waals surface area contributed by atoms with Gasteiger partial charge in [-0.3, -0.25) is 4.98 Å². The third-order valence-corrected chi connectivity index (χ3v) is 4.17. The van der Waals surface area contributed by atoms with E-state index in [0.29, 0.717) is 0 Å². The van der Waals surface area contributed by atoms with E-state index in [-0.39, 0.29) is 6.04 Å². The number of nitrogens with zero attached hydrogens (tertiary/aromatic N) is 1. The van der Waals surface area contributed by atoms with Gasteiger partial charge in [-0.1, -0.05) is 17.7 Å². The van der Waals surface area contributed by atoms with Crippen LogP contribution in [0.1, 0.15) is 22.9 Å². The predicted molar refractivity (Wildman–Crippen MR) is 81.1 cm³/mol. The van der Waals surface area contributed by atoms with Crippen LogP contribution in [0.4, 0.5) is 0 Å². The van der Waals surface area contributed by atoms with Crippen molar-refractivity contribution in [1.82, 2.24) is 15.3 Å². The van der Waals surface area contributed by atoms with Crippen molar-refractivity contribution in [2.24, 2.45) is 0 Å². The Morgan fingerprint density at radius 2 is 2.20 bits per heavy atom. The molecule has 2 N–H and O–H groups in total. The summed E-state index contributed by atoms with van der Waals surface area (Å²) in [6.07, 6.45) is 4.75. The molecule has 0 fully saturated rings. The molecule has 0 amide bonds. The number of hydrogen-bond acceptors (Lipinski definition) is 2. The molecule has 3 heterocycles. The number of aromatic amines is 1. The minimum Gasteiger partial charge on any atom is -0.357 e. The second-order valence-electron chi connectivity index (χ2n) is 5.13. The van der Waals surface area contributed by atoms with Crippen LogP contribution in [0, 0.1) is 0 Å². The minimum atomic E-state index is 0.179. The van der Waals surface area contributed by atoms with E-state index < -0.39 is 0 Å². The largest absolute Gasteiger partial charge is 0.357 e. The Labute approximate surface area is 122 Å². The topological polar surface area (TPSA) is 40.7 Å². The molecule has 2 aromatic heterocycles. The van der Waals surface area contributed by atoms with Crippen LogP contribution >= 0.6 is 11.6 Å². The lowest BCUT2D eigenvalue weighted by Crippen LogP contribution is -2.30. The molecule has 3 aromatic rings. The molecule has 4 rings (SSSR count). The number of pyridine rings is 1. The zero-order valence-corrected chi connectivity index (χ0v) is 11.6. The van der Waals surface area contributed by atoms with E-state index in [2.05, 4.69) is 33.5 Å². The lowest BCUT2D eigenvalue weighted by Gasteiger charge is -2.24. The summed E-state index contributed by atoms with van der Waals surface area (Å²) in [5, 5.41) is 5.59. The SMILES string of the molecule is Clc1ccc2[nH]c3c(c2c1)CCNC3c1cccnc1. The van der Waals surface area contributed by atoms with Crippen molar-refractivity contribution in [3.8, 4) is 0 Å². The first-order valence-corrected chi connectivity index (χ1v) is 7.14. The Balaban J connectivity index is 1.91. The van der Waals surface area contributed by atoms with Crippen LogP contribution in [0.2, 0.25) is 5.02 Å². The Hall–Kier alpha value is -1.84. The van der Waals surface area contributed by atoms with Crippen LogP contribution < -0.4 is 5.32 Å². The first-order valence-electron chi connectivity index (χ1n) is 6.76. The van der Waals surface area contributed by atoms with Gasteiger partial charge in [-0.15, -0.1) is 0 Å². The maximum absolute atomic E-state index is 6.13. The third kappa shape index (κ3) is 1.82. The summed E-state index contributed by atoms with van der Waals surface area (Å²) >= 11 is 6.13. The van der Waals surface area contributed by atoms with Crippen molar-refractivity contribution in [2.75, 3.05) is 6.54 Å². The Kier molecular flexibility index (Phi) is 2.76. The van der Waals surface area contributed by atoms with E-state index in [9.17, 15) is 0 Å². The summed E-state index contributed by atoms with van der Waals surface area (Å²) in [4.78, 5) is 7.77. The lowest BCUT2D eigenvalue weighted by molar-refractivity contribution is 0.559. The quantitative estimate of drug-likeness (QED) is 0.718. The number of halogens is 1. The van der Waals surface area contributed by atoms with E-state index in [0.717, 1.165) is 23.5 Å². The van der Waals surface area contributed by atoms with E-state index in [1.165, 1.54) is 22.2 Å². The number of fused-ring (bicyclic) bond motifs is 3. The van der Waals surface area contributed by atoms with Crippen LogP contribution in [0.5, 0.6) is 0 Å². The Morgan fingerprint density at radius 1 is 1.25 bits per heavy atom. The van der Waals surface area contributed by atoms with Crippen molar-refractivity contribution >= 4 is 22.5 Å². The third-order valence-electron chi connectivity index (χ3n) is 3.93. The maximum atomic E-state index is 6.13. The molecule has 1 atom stereocenters. The lowest BCUT2D eigenvalue weighted by atomic mass is 9.95. The van der Waals surface area contributed by atoms with Crippen LogP contribution in [0.25, 0.3) is 10.9 Å². The molecular weight excluding hydrogens is 270 g/mol. The average molecular weight is 284 g/mol. The first kappa shape index (κ1) is 11.9. The van der Waals surface area contributed by atoms with Gasteiger partial charge in [-0.25, -0.2) is 0 Å². The zero-order valence-electron chi connectivity index (χ0n) is 10.9. The van der Waals surface area contributed by atoms with E-state index in [1.54, 1.807) is 6.20 Å². The number of rotatable bonds is 1. The van der Waals surface area contributed by atoms with Gasteiger partial charge in [-0.2, -0.15) is 0 Å². The van der Waals surface area contributed by atoms with Gasteiger partial charge >= 0.3 is 0 Å². The minimum absolute atomic E-state index is 0.179. The van der Waals surface area contributed by atoms with Crippen LogP contribution in [0.3, 0.4) is 0 Å². The summed E-state index contributed by atoms with van der Waals surface area (Å²) in [6, 6.07) is 10.3. The van der Waals surface area contributed by atoms with Crippen molar-refractivity contribution in [2.45, 2.75) is 12.5 Å². The molecule has 0 aliphatic carbocycles. The molecule has 0 bridgehead atoms. The zero-order chi connectivity index (χ0) is 13.5. The highest BCUT2D eigenvalue weighted by molar-refractivity contribution is 6.31. The highest BCUT2D eigenvalue weighted by atomic mass is 35.5. The summed E-state index contributed by atoms with van der Waals surface area (Å²) < 4.78 is 0. The number of H-pyrrole nitrogens is 1. The van der Waals surface area contributed by atoms with Crippen LogP contribution in [0.15, 0.2) is 42.7 Å². The number of nitrogens with one attached hydrogen (secondary N) is 2. The van der Waals surface area contributed by atoms with Crippen molar-refractivity contribution in [1.29, 1.82) is 0 Å². The molecule has 1 aliphatic heterocycles. The van der Waals surface area contributed by atoms with Gasteiger partial charge in [-0.05, 0) is 41.8 Å². The number of aromatic nitrogens is 2. The molecular formula is C16H14ClN3. The molecule has 20 heavy (non-hydrogen) atoms. The van der Waals surface area contributed by atoms with Crippen molar-refractivity contribution < 1.29 is 0 Å². The van der Waals surface area contributed by atoms with Crippen molar-refractivity contribution in [3.05, 3.63) is 64.6 Å². The average Bonchev–Trinajstić information content (AvgIpc) is 2.86. The van der Waals surface area contributed by atoms with E-state index >= 15 is 0 Å². The molecule has 1 aromatic carbocycles. The summed E-state index contributed by atoms with van der Waals surface area (Å²) in [5.74, 6) is 0. The fraction of sp³-hybridized carbons (Fsp3) is 0.188. The van der Waals surface area contributed by atoms with Gasteiger partial charge in [0.25, 0.3) is 0 Å². The first-order chi connectivity index (χ1) is 9.83. The summed E-state index contributed by atoms with van der Waals surface area (Å²) in [7, 11) is 0. The molecule has 1 unspecified atom stereocenters. The predicted octanol–water partition coefficient (Wildman–Crippen LogP) is 3.45.